The number of nitrogens with one attached hydrogen (secondary N) is 1. The molecule has 3 nitrogen and oxygen atoms in total. The molecule has 1 fully saturated rings. The summed E-state index contributed by atoms with van der Waals surface area (Å²) in [6.07, 6.45) is 5.74. The Morgan fingerprint density at radius 1 is 1.60 bits per heavy atom. The molecule has 1 unspecified atom stereocenters. The minimum absolute atomic E-state index is 0.371. The summed E-state index contributed by atoms with van der Waals surface area (Å²) in [6.45, 7) is 5.36. The highest BCUT2D eigenvalue weighted by atomic mass is 16.4. The van der Waals surface area contributed by atoms with Crippen LogP contribution in [0.5, 0.6) is 0 Å². The first-order valence-corrected chi connectivity index (χ1v) is 5.72. The van der Waals surface area contributed by atoms with Crippen LogP contribution in [0.4, 0.5) is 0 Å². The van der Waals surface area contributed by atoms with Crippen molar-refractivity contribution in [3.05, 3.63) is 17.8 Å². The Kier molecular flexibility index (Phi) is 2.83. The quantitative estimate of drug-likeness (QED) is 0.830. The Hall–Kier alpha value is -0.830. The monoisotopic (exact) mass is 208 g/mol. The highest BCUT2D eigenvalue weighted by Gasteiger charge is 2.37. The largest absolute Gasteiger partial charge is 0.444 e. The van der Waals surface area contributed by atoms with E-state index in [1.165, 1.54) is 19.3 Å². The predicted octanol–water partition coefficient (Wildman–Crippen LogP) is 2.69. The molecule has 0 aromatic carbocycles. The molecule has 2 rings (SSSR count). The Morgan fingerprint density at radius 3 is 3.00 bits per heavy atom. The Morgan fingerprint density at radius 2 is 2.40 bits per heavy atom. The summed E-state index contributed by atoms with van der Waals surface area (Å²) in [4.78, 5) is 4.29. The van der Waals surface area contributed by atoms with Crippen LogP contribution in [0.2, 0.25) is 0 Å². The van der Waals surface area contributed by atoms with Gasteiger partial charge in [0.15, 0.2) is 0 Å². The Labute approximate surface area is 91.3 Å². The molecule has 1 aromatic rings. The highest BCUT2D eigenvalue weighted by molar-refractivity contribution is 5.09. The van der Waals surface area contributed by atoms with Crippen molar-refractivity contribution in [3.8, 4) is 0 Å². The SMILES string of the molecule is CNCc1ncc(C2CCCC2(C)C)o1. The average Bonchev–Trinajstić information content (AvgIpc) is 2.72. The molecular weight excluding hydrogens is 188 g/mol. The first-order valence-electron chi connectivity index (χ1n) is 5.72. The minimum atomic E-state index is 0.371. The van der Waals surface area contributed by atoms with Crippen LogP contribution in [0.3, 0.4) is 0 Å². The van der Waals surface area contributed by atoms with Crippen LogP contribution < -0.4 is 5.32 Å². The van der Waals surface area contributed by atoms with Crippen LogP contribution in [-0.4, -0.2) is 12.0 Å². The molecule has 0 saturated heterocycles. The summed E-state index contributed by atoms with van der Waals surface area (Å²) >= 11 is 0. The summed E-state index contributed by atoms with van der Waals surface area (Å²) in [5.74, 6) is 2.42. The molecule has 0 amide bonds. The fourth-order valence-corrected chi connectivity index (χ4v) is 2.57. The van der Waals surface area contributed by atoms with Gasteiger partial charge in [-0.25, -0.2) is 4.98 Å². The molecule has 1 heterocycles. The topological polar surface area (TPSA) is 38.1 Å². The summed E-state index contributed by atoms with van der Waals surface area (Å²) < 4.78 is 5.77. The van der Waals surface area contributed by atoms with E-state index < -0.39 is 0 Å². The third-order valence-electron chi connectivity index (χ3n) is 3.50. The van der Waals surface area contributed by atoms with Gasteiger partial charge in [-0.05, 0) is 25.3 Å². The van der Waals surface area contributed by atoms with E-state index in [-0.39, 0.29) is 0 Å². The summed E-state index contributed by atoms with van der Waals surface area (Å²) in [6, 6.07) is 0. The predicted molar refractivity (Wildman–Crippen MR) is 59.6 cm³/mol. The van der Waals surface area contributed by atoms with Crippen LogP contribution in [0.15, 0.2) is 10.6 Å². The van der Waals surface area contributed by atoms with Gasteiger partial charge in [-0.3, -0.25) is 0 Å². The summed E-state index contributed by atoms with van der Waals surface area (Å²) in [7, 11) is 1.91. The molecule has 1 aliphatic carbocycles. The van der Waals surface area contributed by atoms with Crippen LogP contribution in [0.1, 0.15) is 50.7 Å². The fourth-order valence-electron chi connectivity index (χ4n) is 2.57. The second kappa shape index (κ2) is 3.97. The zero-order valence-corrected chi connectivity index (χ0v) is 9.84. The molecular formula is C12H20N2O. The molecule has 3 heteroatoms. The third-order valence-corrected chi connectivity index (χ3v) is 3.50. The van der Waals surface area contributed by atoms with Gasteiger partial charge in [0.2, 0.25) is 5.89 Å². The second-order valence-electron chi connectivity index (χ2n) is 5.12. The van der Waals surface area contributed by atoms with E-state index in [0.717, 1.165) is 11.7 Å². The lowest BCUT2D eigenvalue weighted by molar-refractivity contribution is 0.287. The van der Waals surface area contributed by atoms with Gasteiger partial charge < -0.3 is 9.73 Å². The first kappa shape index (κ1) is 10.7. The van der Waals surface area contributed by atoms with Crippen molar-refractivity contribution in [1.82, 2.24) is 10.3 Å². The van der Waals surface area contributed by atoms with Crippen molar-refractivity contribution in [2.24, 2.45) is 5.41 Å². The van der Waals surface area contributed by atoms with Gasteiger partial charge in [-0.2, -0.15) is 0 Å². The Bertz CT molecular complexity index is 330. The van der Waals surface area contributed by atoms with Gasteiger partial charge in [-0.1, -0.05) is 20.3 Å². The second-order valence-corrected chi connectivity index (χ2v) is 5.12. The lowest BCUT2D eigenvalue weighted by atomic mass is 9.81. The van der Waals surface area contributed by atoms with E-state index >= 15 is 0 Å². The van der Waals surface area contributed by atoms with Crippen molar-refractivity contribution in [3.63, 3.8) is 0 Å². The highest BCUT2D eigenvalue weighted by Crippen LogP contribution is 2.48. The van der Waals surface area contributed by atoms with Crippen LogP contribution in [-0.2, 0) is 6.54 Å². The standard InChI is InChI=1S/C12H20N2O/c1-12(2)6-4-5-9(12)10-7-14-11(15-10)8-13-3/h7,9,13H,4-6,8H2,1-3H3. The lowest BCUT2D eigenvalue weighted by Crippen LogP contribution is -2.14. The molecule has 1 atom stereocenters. The summed E-state index contributed by atoms with van der Waals surface area (Å²) in [5.41, 5.74) is 0.371. The van der Waals surface area contributed by atoms with E-state index in [0.29, 0.717) is 17.9 Å². The molecule has 0 spiro atoms. The van der Waals surface area contributed by atoms with Crippen molar-refractivity contribution >= 4 is 0 Å². The van der Waals surface area contributed by atoms with E-state index in [1.54, 1.807) is 0 Å². The average molecular weight is 208 g/mol. The molecule has 84 valence electrons. The van der Waals surface area contributed by atoms with E-state index in [2.05, 4.69) is 24.1 Å². The van der Waals surface area contributed by atoms with Crippen molar-refractivity contribution in [1.29, 1.82) is 0 Å². The zero-order valence-electron chi connectivity index (χ0n) is 9.84. The third kappa shape index (κ3) is 2.07. The number of hydrogen-bond donors (Lipinski definition) is 1. The fraction of sp³-hybridized carbons (Fsp3) is 0.750. The van der Waals surface area contributed by atoms with Crippen LogP contribution in [0, 0.1) is 5.41 Å². The maximum absolute atomic E-state index is 5.77. The van der Waals surface area contributed by atoms with Crippen molar-refractivity contribution in [2.75, 3.05) is 7.05 Å². The number of nitrogens with zero attached hydrogens (tertiary/aromatic N) is 1. The van der Waals surface area contributed by atoms with Crippen molar-refractivity contribution < 1.29 is 4.42 Å². The molecule has 15 heavy (non-hydrogen) atoms. The smallest absolute Gasteiger partial charge is 0.208 e. The normalized spacial score (nSPS) is 24.6. The zero-order chi connectivity index (χ0) is 10.9. The van der Waals surface area contributed by atoms with Gasteiger partial charge in [0.05, 0.1) is 12.7 Å². The van der Waals surface area contributed by atoms with Crippen molar-refractivity contribution in [2.45, 2.75) is 45.6 Å². The van der Waals surface area contributed by atoms with E-state index in [9.17, 15) is 0 Å². The van der Waals surface area contributed by atoms with Gasteiger partial charge in [-0.15, -0.1) is 0 Å². The molecule has 0 radical (unpaired) electrons. The minimum Gasteiger partial charge on any atom is -0.444 e. The number of hydrogen-bond acceptors (Lipinski definition) is 3. The van der Waals surface area contributed by atoms with Gasteiger partial charge >= 0.3 is 0 Å². The molecule has 1 N–H and O–H groups in total. The Balaban J connectivity index is 2.15. The van der Waals surface area contributed by atoms with Gasteiger partial charge in [0, 0.05) is 5.92 Å². The molecule has 1 aromatic heterocycles. The maximum atomic E-state index is 5.77. The lowest BCUT2D eigenvalue weighted by Gasteiger charge is -2.24. The maximum Gasteiger partial charge on any atom is 0.208 e. The molecule has 1 saturated carbocycles. The van der Waals surface area contributed by atoms with Crippen LogP contribution in [0.25, 0.3) is 0 Å². The van der Waals surface area contributed by atoms with Crippen LogP contribution >= 0.6 is 0 Å². The van der Waals surface area contributed by atoms with E-state index in [1.807, 2.05) is 13.2 Å². The summed E-state index contributed by atoms with van der Waals surface area (Å²) in [5, 5.41) is 3.05. The molecule has 1 aliphatic rings. The molecule has 0 aliphatic heterocycles. The molecule has 0 bridgehead atoms. The first-order chi connectivity index (χ1) is 7.13. The number of rotatable bonds is 3. The van der Waals surface area contributed by atoms with Gasteiger partial charge in [0.25, 0.3) is 0 Å². The number of oxazole rings is 1. The number of aromatic nitrogens is 1. The van der Waals surface area contributed by atoms with E-state index in [4.69, 9.17) is 4.42 Å². The van der Waals surface area contributed by atoms with Gasteiger partial charge in [0.1, 0.15) is 5.76 Å².